The Hall–Kier alpha value is -2.16. The lowest BCUT2D eigenvalue weighted by Gasteiger charge is -2.43. The van der Waals surface area contributed by atoms with Gasteiger partial charge in [-0.05, 0) is 70.7 Å². The van der Waals surface area contributed by atoms with Gasteiger partial charge in [0.25, 0.3) is 0 Å². The van der Waals surface area contributed by atoms with Crippen molar-refractivity contribution in [2.75, 3.05) is 29.5 Å². The number of para-hydroxylation sites is 2. The molecule has 0 saturated carbocycles. The molecule has 0 saturated heterocycles. The zero-order valence-corrected chi connectivity index (χ0v) is 17.4. The minimum atomic E-state index is 0.0368. The van der Waals surface area contributed by atoms with Crippen LogP contribution in [0.2, 0.25) is 0 Å². The van der Waals surface area contributed by atoms with Crippen LogP contribution >= 0.6 is 0 Å². The maximum Gasteiger partial charge on any atom is 0.145 e. The summed E-state index contributed by atoms with van der Waals surface area (Å²) in [4.78, 5) is 5.06. The monoisotopic (exact) mass is 364 g/mol. The molecule has 0 bridgehead atoms. The largest absolute Gasteiger partial charge is 0.489 e. The Morgan fingerprint density at radius 2 is 1.59 bits per heavy atom. The Bertz CT molecular complexity index is 835. The third-order valence-electron chi connectivity index (χ3n) is 5.98. The van der Waals surface area contributed by atoms with Crippen molar-refractivity contribution >= 4 is 11.4 Å². The van der Waals surface area contributed by atoms with Crippen LogP contribution in [-0.4, -0.2) is 30.8 Å². The summed E-state index contributed by atoms with van der Waals surface area (Å²) in [6, 6.07) is 15.5. The number of anilines is 2. The predicted molar refractivity (Wildman–Crippen MR) is 114 cm³/mol. The standard InChI is InChI=1S/C24H32N2O/c1-23(2,3)25-15-16-27-22-19(10-8-12-21(22)25)17-24(4,5)26-14-13-18-9-6-7-11-20(18)26/h6-12H,13-17H2,1-5H3. The van der Waals surface area contributed by atoms with E-state index in [2.05, 4.69) is 86.9 Å². The summed E-state index contributed by atoms with van der Waals surface area (Å²) < 4.78 is 6.20. The molecule has 0 fully saturated rings. The maximum absolute atomic E-state index is 6.20. The van der Waals surface area contributed by atoms with E-state index in [4.69, 9.17) is 4.74 Å². The fourth-order valence-corrected chi connectivity index (χ4v) is 4.67. The molecule has 0 unspecified atom stereocenters. The predicted octanol–water partition coefficient (Wildman–Crippen LogP) is 5.07. The van der Waals surface area contributed by atoms with E-state index < -0.39 is 0 Å². The summed E-state index contributed by atoms with van der Waals surface area (Å²) in [6.45, 7) is 14.4. The number of nitrogens with zero attached hydrogens (tertiary/aromatic N) is 2. The lowest BCUT2D eigenvalue weighted by Crippen LogP contribution is -2.47. The molecule has 3 nitrogen and oxygen atoms in total. The zero-order valence-electron chi connectivity index (χ0n) is 17.4. The van der Waals surface area contributed by atoms with Gasteiger partial charge in [0.05, 0.1) is 12.2 Å². The van der Waals surface area contributed by atoms with E-state index in [9.17, 15) is 0 Å². The number of rotatable bonds is 3. The minimum Gasteiger partial charge on any atom is -0.489 e. The van der Waals surface area contributed by atoms with Gasteiger partial charge in [-0.15, -0.1) is 0 Å². The van der Waals surface area contributed by atoms with Gasteiger partial charge in [-0.3, -0.25) is 0 Å². The highest BCUT2D eigenvalue weighted by atomic mass is 16.5. The fraction of sp³-hybridized carbons (Fsp3) is 0.500. The molecule has 0 aromatic heterocycles. The highest BCUT2D eigenvalue weighted by Crippen LogP contribution is 2.41. The SMILES string of the molecule is CC(C)(C)N1CCOc2c(CC(C)(C)N3CCc4ccccc43)cccc21. The molecular weight excluding hydrogens is 332 g/mol. The third-order valence-corrected chi connectivity index (χ3v) is 5.98. The van der Waals surface area contributed by atoms with Crippen LogP contribution in [0.3, 0.4) is 0 Å². The van der Waals surface area contributed by atoms with Crippen LogP contribution in [0, 0.1) is 0 Å². The highest BCUT2D eigenvalue weighted by Gasteiger charge is 2.35. The van der Waals surface area contributed by atoms with Gasteiger partial charge < -0.3 is 14.5 Å². The van der Waals surface area contributed by atoms with E-state index in [0.29, 0.717) is 0 Å². The molecule has 0 amide bonds. The van der Waals surface area contributed by atoms with Crippen molar-refractivity contribution in [1.29, 1.82) is 0 Å². The van der Waals surface area contributed by atoms with E-state index in [1.807, 2.05) is 0 Å². The Kier molecular flexibility index (Phi) is 4.37. The van der Waals surface area contributed by atoms with Crippen LogP contribution < -0.4 is 14.5 Å². The number of fused-ring (bicyclic) bond motifs is 2. The van der Waals surface area contributed by atoms with E-state index in [1.165, 1.54) is 22.5 Å². The van der Waals surface area contributed by atoms with Gasteiger partial charge in [-0.25, -0.2) is 0 Å². The van der Waals surface area contributed by atoms with Crippen LogP contribution in [0.4, 0.5) is 11.4 Å². The van der Waals surface area contributed by atoms with E-state index in [1.54, 1.807) is 0 Å². The Balaban J connectivity index is 1.66. The molecule has 0 atom stereocenters. The average Bonchev–Trinajstić information content (AvgIpc) is 3.05. The molecule has 144 valence electrons. The summed E-state index contributed by atoms with van der Waals surface area (Å²) in [5.41, 5.74) is 5.55. The molecule has 2 aromatic carbocycles. The number of hydrogen-bond donors (Lipinski definition) is 0. The van der Waals surface area contributed by atoms with Gasteiger partial charge in [0.2, 0.25) is 0 Å². The van der Waals surface area contributed by atoms with E-state index >= 15 is 0 Å². The molecule has 3 heteroatoms. The van der Waals surface area contributed by atoms with Crippen molar-refractivity contribution in [2.24, 2.45) is 0 Å². The van der Waals surface area contributed by atoms with Crippen LogP contribution in [0.15, 0.2) is 42.5 Å². The number of benzene rings is 2. The molecular formula is C24H32N2O. The smallest absolute Gasteiger partial charge is 0.145 e. The second-order valence-electron chi connectivity index (χ2n) is 9.46. The summed E-state index contributed by atoms with van der Waals surface area (Å²) in [5, 5.41) is 0. The molecule has 2 aliphatic heterocycles. The van der Waals surface area contributed by atoms with Crippen LogP contribution in [0.5, 0.6) is 5.75 Å². The lowest BCUT2D eigenvalue weighted by atomic mass is 9.91. The zero-order chi connectivity index (χ0) is 19.2. The van der Waals surface area contributed by atoms with Crippen molar-refractivity contribution in [3.8, 4) is 5.75 Å². The summed E-state index contributed by atoms with van der Waals surface area (Å²) in [7, 11) is 0. The molecule has 0 N–H and O–H groups in total. The maximum atomic E-state index is 6.20. The summed E-state index contributed by atoms with van der Waals surface area (Å²) >= 11 is 0. The molecule has 0 spiro atoms. The Morgan fingerprint density at radius 3 is 2.37 bits per heavy atom. The van der Waals surface area contributed by atoms with Crippen LogP contribution in [0.1, 0.15) is 45.7 Å². The first-order chi connectivity index (χ1) is 12.8. The summed E-state index contributed by atoms with van der Waals surface area (Å²) in [6.07, 6.45) is 2.11. The van der Waals surface area contributed by atoms with Gasteiger partial charge in [-0.2, -0.15) is 0 Å². The fourth-order valence-electron chi connectivity index (χ4n) is 4.67. The molecule has 27 heavy (non-hydrogen) atoms. The topological polar surface area (TPSA) is 15.7 Å². The molecule has 2 aromatic rings. The van der Waals surface area contributed by atoms with Crippen LogP contribution in [0.25, 0.3) is 0 Å². The molecule has 2 aliphatic rings. The first-order valence-electron chi connectivity index (χ1n) is 10.2. The summed E-state index contributed by atoms with van der Waals surface area (Å²) in [5.74, 6) is 1.08. The van der Waals surface area contributed by atoms with Gasteiger partial charge >= 0.3 is 0 Å². The van der Waals surface area contributed by atoms with Crippen molar-refractivity contribution < 1.29 is 4.74 Å². The second kappa shape index (κ2) is 6.47. The van der Waals surface area contributed by atoms with E-state index in [0.717, 1.165) is 38.3 Å². The van der Waals surface area contributed by atoms with E-state index in [-0.39, 0.29) is 11.1 Å². The highest BCUT2D eigenvalue weighted by molar-refractivity contribution is 5.65. The van der Waals surface area contributed by atoms with Crippen molar-refractivity contribution in [3.05, 3.63) is 53.6 Å². The average molecular weight is 365 g/mol. The number of hydrogen-bond acceptors (Lipinski definition) is 3. The van der Waals surface area contributed by atoms with Gasteiger partial charge in [0.15, 0.2) is 0 Å². The first-order valence-corrected chi connectivity index (χ1v) is 10.2. The van der Waals surface area contributed by atoms with Gasteiger partial charge in [0.1, 0.15) is 12.4 Å². The first kappa shape index (κ1) is 18.2. The van der Waals surface area contributed by atoms with Crippen molar-refractivity contribution in [3.63, 3.8) is 0 Å². The Labute approximate surface area is 163 Å². The van der Waals surface area contributed by atoms with Gasteiger partial charge in [-0.1, -0.05) is 30.3 Å². The quantitative estimate of drug-likeness (QED) is 0.756. The second-order valence-corrected chi connectivity index (χ2v) is 9.46. The minimum absolute atomic E-state index is 0.0368. The lowest BCUT2D eigenvalue weighted by molar-refractivity contribution is 0.284. The number of ether oxygens (including phenoxy) is 1. The van der Waals surface area contributed by atoms with Gasteiger partial charge in [0, 0.05) is 23.3 Å². The molecule has 2 heterocycles. The normalized spacial score (nSPS) is 16.8. The molecule has 4 rings (SSSR count). The third kappa shape index (κ3) is 3.28. The molecule has 0 aliphatic carbocycles. The Morgan fingerprint density at radius 1 is 0.852 bits per heavy atom. The van der Waals surface area contributed by atoms with Crippen LogP contribution in [-0.2, 0) is 12.8 Å². The molecule has 0 radical (unpaired) electrons. The van der Waals surface area contributed by atoms with Crippen molar-refractivity contribution in [1.82, 2.24) is 0 Å². The van der Waals surface area contributed by atoms with Crippen molar-refractivity contribution in [2.45, 2.75) is 58.5 Å².